The standard InChI is InChI=1S/C22H20N4O5S/c27-21(28)14-24-20-9-3-7-18(26-20)22(32(29,30)17-6-4-10-23-13-17)25-12-16-11-15-5-1-2-8-19(15)31-16/h1-11,13,22,25H,12,14H2,(H,24,26)(H,27,28). The van der Waals surface area contributed by atoms with Gasteiger partial charge in [-0.15, -0.1) is 0 Å². The van der Waals surface area contributed by atoms with Crippen LogP contribution >= 0.6 is 0 Å². The van der Waals surface area contributed by atoms with Crippen molar-refractivity contribution in [2.24, 2.45) is 0 Å². The Morgan fingerprint density at radius 3 is 2.69 bits per heavy atom. The highest BCUT2D eigenvalue weighted by atomic mass is 32.2. The van der Waals surface area contributed by atoms with E-state index >= 15 is 0 Å². The highest BCUT2D eigenvalue weighted by Crippen LogP contribution is 2.27. The lowest BCUT2D eigenvalue weighted by Gasteiger charge is -2.19. The summed E-state index contributed by atoms with van der Waals surface area (Å²) in [6, 6.07) is 17.1. The van der Waals surface area contributed by atoms with Crippen LogP contribution in [0.15, 0.2) is 82.4 Å². The number of nitrogens with zero attached hydrogens (tertiary/aromatic N) is 2. The van der Waals surface area contributed by atoms with E-state index in [0.717, 1.165) is 5.39 Å². The third kappa shape index (κ3) is 4.76. The molecule has 10 heteroatoms. The number of nitrogens with one attached hydrogen (secondary N) is 2. The third-order valence-electron chi connectivity index (χ3n) is 4.67. The number of hydrogen-bond donors (Lipinski definition) is 3. The van der Waals surface area contributed by atoms with Gasteiger partial charge in [-0.2, -0.15) is 0 Å². The van der Waals surface area contributed by atoms with Gasteiger partial charge in [0.1, 0.15) is 23.7 Å². The molecule has 9 nitrogen and oxygen atoms in total. The molecule has 0 saturated carbocycles. The molecule has 3 heterocycles. The minimum Gasteiger partial charge on any atom is -0.480 e. The smallest absolute Gasteiger partial charge is 0.322 e. The monoisotopic (exact) mass is 452 g/mol. The first-order chi connectivity index (χ1) is 15.4. The number of anilines is 1. The fourth-order valence-corrected chi connectivity index (χ4v) is 4.70. The maximum atomic E-state index is 13.4. The van der Waals surface area contributed by atoms with Gasteiger partial charge in [0, 0.05) is 17.8 Å². The summed E-state index contributed by atoms with van der Waals surface area (Å²) in [6.45, 7) is -0.212. The Morgan fingerprint density at radius 2 is 1.94 bits per heavy atom. The fourth-order valence-electron chi connectivity index (χ4n) is 3.20. The van der Waals surface area contributed by atoms with Gasteiger partial charge in [-0.05, 0) is 36.4 Å². The zero-order valence-electron chi connectivity index (χ0n) is 16.8. The zero-order chi connectivity index (χ0) is 22.6. The Kier molecular flexibility index (Phi) is 6.15. The molecule has 0 bridgehead atoms. The van der Waals surface area contributed by atoms with Crippen molar-refractivity contribution in [3.63, 3.8) is 0 Å². The predicted octanol–water partition coefficient (Wildman–Crippen LogP) is 2.98. The van der Waals surface area contributed by atoms with Crippen LogP contribution in [0, 0.1) is 0 Å². The number of hydrogen-bond acceptors (Lipinski definition) is 8. The van der Waals surface area contributed by atoms with Gasteiger partial charge >= 0.3 is 5.97 Å². The number of carboxylic acids is 1. The van der Waals surface area contributed by atoms with E-state index in [4.69, 9.17) is 9.52 Å². The molecule has 3 aromatic heterocycles. The molecule has 1 atom stereocenters. The summed E-state index contributed by atoms with van der Waals surface area (Å²) in [5.74, 6) is -0.237. The molecule has 0 spiro atoms. The number of fused-ring (bicyclic) bond motifs is 1. The van der Waals surface area contributed by atoms with E-state index < -0.39 is 21.2 Å². The van der Waals surface area contributed by atoms with Gasteiger partial charge in [-0.1, -0.05) is 24.3 Å². The van der Waals surface area contributed by atoms with Crippen LogP contribution in [-0.4, -0.2) is 36.0 Å². The van der Waals surface area contributed by atoms with E-state index in [0.29, 0.717) is 11.3 Å². The molecule has 3 N–H and O–H groups in total. The van der Waals surface area contributed by atoms with E-state index in [1.807, 2.05) is 30.3 Å². The molecule has 1 aromatic carbocycles. The number of aliphatic carboxylic acids is 1. The SMILES string of the molecule is O=C(O)CNc1cccc(C(NCc2cc3ccccc3o2)S(=O)(=O)c2cccnc2)n1. The second-order valence-electron chi connectivity index (χ2n) is 6.94. The van der Waals surface area contributed by atoms with Crippen molar-refractivity contribution in [3.05, 3.63) is 84.5 Å². The number of benzene rings is 1. The van der Waals surface area contributed by atoms with Gasteiger partial charge in [0.15, 0.2) is 5.37 Å². The van der Waals surface area contributed by atoms with E-state index in [2.05, 4.69) is 20.6 Å². The maximum absolute atomic E-state index is 13.4. The summed E-state index contributed by atoms with van der Waals surface area (Å²) in [7, 11) is -3.92. The van der Waals surface area contributed by atoms with E-state index in [1.54, 1.807) is 24.3 Å². The second-order valence-corrected chi connectivity index (χ2v) is 8.97. The Morgan fingerprint density at radius 1 is 1.09 bits per heavy atom. The summed E-state index contributed by atoms with van der Waals surface area (Å²) >= 11 is 0. The topological polar surface area (TPSA) is 134 Å². The number of para-hydroxylation sites is 1. The Labute approximate surface area is 184 Å². The molecule has 32 heavy (non-hydrogen) atoms. The average molecular weight is 452 g/mol. The highest BCUT2D eigenvalue weighted by Gasteiger charge is 2.30. The van der Waals surface area contributed by atoms with Crippen molar-refractivity contribution in [1.29, 1.82) is 0 Å². The Hall–Kier alpha value is -3.76. The summed E-state index contributed by atoms with van der Waals surface area (Å²) in [6.07, 6.45) is 2.77. The molecule has 0 fully saturated rings. The molecule has 0 amide bonds. The van der Waals surface area contributed by atoms with Gasteiger partial charge in [0.2, 0.25) is 9.84 Å². The van der Waals surface area contributed by atoms with Crippen LogP contribution in [0.4, 0.5) is 5.82 Å². The molecule has 0 saturated heterocycles. The Bertz CT molecular complexity index is 1310. The second kappa shape index (κ2) is 9.16. The maximum Gasteiger partial charge on any atom is 0.322 e. The van der Waals surface area contributed by atoms with Crippen molar-refractivity contribution >= 4 is 32.6 Å². The van der Waals surface area contributed by atoms with Gasteiger partial charge in [-0.3, -0.25) is 15.1 Å². The van der Waals surface area contributed by atoms with Crippen LogP contribution in [0.5, 0.6) is 0 Å². The minimum absolute atomic E-state index is 0.0350. The largest absolute Gasteiger partial charge is 0.480 e. The molecule has 0 aliphatic carbocycles. The van der Waals surface area contributed by atoms with Crippen molar-refractivity contribution in [1.82, 2.24) is 15.3 Å². The van der Waals surface area contributed by atoms with Crippen molar-refractivity contribution in [2.45, 2.75) is 16.8 Å². The van der Waals surface area contributed by atoms with Gasteiger partial charge in [-0.25, -0.2) is 13.4 Å². The van der Waals surface area contributed by atoms with E-state index in [-0.39, 0.29) is 29.5 Å². The van der Waals surface area contributed by atoms with Crippen molar-refractivity contribution in [2.75, 3.05) is 11.9 Å². The molecular formula is C22H20N4O5S. The summed E-state index contributed by atoms with van der Waals surface area (Å²) in [4.78, 5) is 19.1. The van der Waals surface area contributed by atoms with Crippen molar-refractivity contribution < 1.29 is 22.7 Å². The molecular weight excluding hydrogens is 432 g/mol. The minimum atomic E-state index is -3.92. The number of carboxylic acid groups (broad SMARTS) is 1. The number of carbonyl (C=O) groups is 1. The number of furan rings is 1. The average Bonchev–Trinajstić information content (AvgIpc) is 3.21. The lowest BCUT2D eigenvalue weighted by Crippen LogP contribution is -2.29. The van der Waals surface area contributed by atoms with Crippen molar-refractivity contribution in [3.8, 4) is 0 Å². The molecule has 1 unspecified atom stereocenters. The number of aromatic nitrogens is 2. The van der Waals surface area contributed by atoms with Gasteiger partial charge < -0.3 is 14.8 Å². The molecule has 4 aromatic rings. The van der Waals surface area contributed by atoms with Crippen LogP contribution < -0.4 is 10.6 Å². The highest BCUT2D eigenvalue weighted by molar-refractivity contribution is 7.91. The first kappa shape index (κ1) is 21.5. The molecule has 164 valence electrons. The molecule has 0 aliphatic rings. The third-order valence-corrected chi connectivity index (χ3v) is 6.60. The number of pyridine rings is 2. The summed E-state index contributed by atoms with van der Waals surface area (Å²) in [5.41, 5.74) is 0.911. The summed E-state index contributed by atoms with van der Waals surface area (Å²) < 4.78 is 32.6. The van der Waals surface area contributed by atoms with Gasteiger partial charge in [0.05, 0.1) is 17.1 Å². The predicted molar refractivity (Wildman–Crippen MR) is 118 cm³/mol. The molecule has 4 rings (SSSR count). The number of rotatable bonds is 9. The number of sulfone groups is 1. The van der Waals surface area contributed by atoms with Gasteiger partial charge in [0.25, 0.3) is 0 Å². The lowest BCUT2D eigenvalue weighted by molar-refractivity contribution is -0.134. The fraction of sp³-hybridized carbons (Fsp3) is 0.136. The summed E-state index contributed by atoms with van der Waals surface area (Å²) in [5, 5.41) is 14.3. The van der Waals surface area contributed by atoms with Crippen LogP contribution in [-0.2, 0) is 21.2 Å². The quantitative estimate of drug-likeness (QED) is 0.350. The first-order valence-electron chi connectivity index (χ1n) is 9.71. The van der Waals surface area contributed by atoms with Crippen LogP contribution in [0.3, 0.4) is 0 Å². The van der Waals surface area contributed by atoms with Crippen LogP contribution in [0.2, 0.25) is 0 Å². The van der Waals surface area contributed by atoms with E-state index in [9.17, 15) is 13.2 Å². The zero-order valence-corrected chi connectivity index (χ0v) is 17.6. The van der Waals surface area contributed by atoms with Crippen LogP contribution in [0.25, 0.3) is 11.0 Å². The lowest BCUT2D eigenvalue weighted by atomic mass is 10.2. The first-order valence-corrected chi connectivity index (χ1v) is 11.3. The van der Waals surface area contributed by atoms with Crippen LogP contribution in [0.1, 0.15) is 16.8 Å². The van der Waals surface area contributed by atoms with E-state index in [1.165, 1.54) is 18.5 Å². The molecule has 0 aliphatic heterocycles. The normalized spacial score (nSPS) is 12.5. The molecule has 0 radical (unpaired) electrons. The Balaban J connectivity index is 1.66.